The molecular weight excluding hydrogens is 432 g/mol. The molecule has 0 aliphatic carbocycles. The second-order valence-corrected chi connectivity index (χ2v) is 7.71. The number of benzene rings is 2. The number of hydrogen-bond acceptors (Lipinski definition) is 4. The van der Waals surface area contributed by atoms with Crippen LogP contribution in [0.4, 0.5) is 22.7 Å². The first-order valence-corrected chi connectivity index (χ1v) is 9.88. The number of carbonyl (C=O) groups excluding carboxylic acids is 1. The summed E-state index contributed by atoms with van der Waals surface area (Å²) in [6.07, 6.45) is -2.43. The van der Waals surface area contributed by atoms with E-state index in [1.807, 2.05) is 0 Å². The van der Waals surface area contributed by atoms with E-state index in [2.05, 4.69) is 10.3 Å². The number of thiazole rings is 1. The van der Waals surface area contributed by atoms with Crippen LogP contribution in [0.3, 0.4) is 0 Å². The van der Waals surface area contributed by atoms with E-state index in [0.717, 1.165) is 16.5 Å². The third-order valence-corrected chi connectivity index (χ3v) is 5.31. The third-order valence-electron chi connectivity index (χ3n) is 4.39. The fourth-order valence-corrected chi connectivity index (χ4v) is 3.80. The van der Waals surface area contributed by atoms with Crippen LogP contribution in [0, 0.1) is 5.82 Å². The molecule has 0 aliphatic rings. The number of amides is 1. The molecule has 4 rings (SSSR count). The Kier molecular flexibility index (Phi) is 5.60. The molecule has 31 heavy (non-hydrogen) atoms. The van der Waals surface area contributed by atoms with Crippen molar-refractivity contribution in [1.82, 2.24) is 4.98 Å². The Labute approximate surface area is 178 Å². The van der Waals surface area contributed by atoms with Crippen LogP contribution in [0.2, 0.25) is 0 Å². The van der Waals surface area contributed by atoms with Gasteiger partial charge in [-0.25, -0.2) is 9.37 Å². The van der Waals surface area contributed by atoms with E-state index in [0.29, 0.717) is 11.6 Å². The van der Waals surface area contributed by atoms with E-state index >= 15 is 0 Å². The van der Waals surface area contributed by atoms with Gasteiger partial charge in [0.05, 0.1) is 5.56 Å². The molecular formula is C22H14F4N2O2S. The highest BCUT2D eigenvalue weighted by Crippen LogP contribution is 2.37. The van der Waals surface area contributed by atoms with Gasteiger partial charge in [0.25, 0.3) is 5.91 Å². The Bertz CT molecular complexity index is 1210. The molecule has 2 aromatic heterocycles. The standard InChI is InChI=1S/C22H14F4N2O2S/c23-14-7-5-13(6-8-14)11-15-12-27-21(31-15)28-20(29)19-10-9-18(30-19)16-3-1-2-4-17(16)22(24,25)26/h1-10,12H,11H2,(H,27,28,29). The molecule has 158 valence electrons. The number of carbonyl (C=O) groups is 1. The van der Waals surface area contributed by atoms with Crippen LogP contribution in [0.25, 0.3) is 11.3 Å². The summed E-state index contributed by atoms with van der Waals surface area (Å²) >= 11 is 1.24. The molecule has 4 aromatic rings. The number of alkyl halides is 3. The Hall–Kier alpha value is -3.46. The van der Waals surface area contributed by atoms with E-state index in [1.54, 1.807) is 18.3 Å². The molecule has 0 unspecified atom stereocenters. The lowest BCUT2D eigenvalue weighted by molar-refractivity contribution is -0.137. The monoisotopic (exact) mass is 446 g/mol. The van der Waals surface area contributed by atoms with Gasteiger partial charge in [0.1, 0.15) is 11.6 Å². The molecule has 0 spiro atoms. The van der Waals surface area contributed by atoms with Crippen LogP contribution in [0.15, 0.2) is 71.3 Å². The van der Waals surface area contributed by atoms with Crippen molar-refractivity contribution in [2.45, 2.75) is 12.6 Å². The number of aromatic nitrogens is 1. The van der Waals surface area contributed by atoms with Gasteiger partial charge in [0.2, 0.25) is 0 Å². The van der Waals surface area contributed by atoms with Crippen molar-refractivity contribution in [2.75, 3.05) is 5.32 Å². The van der Waals surface area contributed by atoms with Gasteiger partial charge in [0.15, 0.2) is 10.9 Å². The van der Waals surface area contributed by atoms with Crippen LogP contribution in [-0.4, -0.2) is 10.9 Å². The van der Waals surface area contributed by atoms with Crippen LogP contribution < -0.4 is 5.32 Å². The largest absolute Gasteiger partial charge is 0.451 e. The summed E-state index contributed by atoms with van der Waals surface area (Å²) in [6.45, 7) is 0. The summed E-state index contributed by atoms with van der Waals surface area (Å²) in [5.41, 5.74) is -0.103. The molecule has 0 saturated heterocycles. The topological polar surface area (TPSA) is 55.1 Å². The maximum atomic E-state index is 13.2. The van der Waals surface area contributed by atoms with E-state index in [4.69, 9.17) is 4.42 Å². The zero-order valence-electron chi connectivity index (χ0n) is 15.7. The highest BCUT2D eigenvalue weighted by Gasteiger charge is 2.34. The number of rotatable bonds is 5. The minimum Gasteiger partial charge on any atom is -0.451 e. The summed E-state index contributed by atoms with van der Waals surface area (Å²) < 4.78 is 58.0. The summed E-state index contributed by atoms with van der Waals surface area (Å²) in [5.74, 6) is -1.15. The smallest absolute Gasteiger partial charge is 0.417 e. The van der Waals surface area contributed by atoms with Gasteiger partial charge in [-0.1, -0.05) is 30.3 Å². The number of anilines is 1. The van der Waals surface area contributed by atoms with Gasteiger partial charge in [-0.15, -0.1) is 11.3 Å². The quantitative estimate of drug-likeness (QED) is 0.361. The summed E-state index contributed by atoms with van der Waals surface area (Å²) in [6, 6.07) is 13.7. The van der Waals surface area contributed by atoms with Gasteiger partial charge in [-0.05, 0) is 35.9 Å². The molecule has 4 nitrogen and oxygen atoms in total. The molecule has 0 saturated carbocycles. The first-order valence-electron chi connectivity index (χ1n) is 9.06. The van der Waals surface area contributed by atoms with Crippen LogP contribution >= 0.6 is 11.3 Å². The van der Waals surface area contributed by atoms with E-state index in [1.165, 1.54) is 53.8 Å². The van der Waals surface area contributed by atoms with E-state index in [9.17, 15) is 22.4 Å². The Morgan fingerprint density at radius 3 is 2.52 bits per heavy atom. The minimum atomic E-state index is -4.55. The first-order chi connectivity index (χ1) is 14.8. The lowest BCUT2D eigenvalue weighted by Gasteiger charge is -2.10. The number of nitrogens with zero attached hydrogens (tertiary/aromatic N) is 1. The zero-order chi connectivity index (χ0) is 22.0. The van der Waals surface area contributed by atoms with Crippen molar-refractivity contribution < 1.29 is 26.8 Å². The minimum absolute atomic E-state index is 0.0609. The molecule has 9 heteroatoms. The number of furan rings is 1. The second kappa shape index (κ2) is 8.35. The van der Waals surface area contributed by atoms with Crippen molar-refractivity contribution in [1.29, 1.82) is 0 Å². The molecule has 0 atom stereocenters. The molecule has 1 amide bonds. The molecule has 2 heterocycles. The molecule has 0 fully saturated rings. The average molecular weight is 446 g/mol. The Morgan fingerprint density at radius 2 is 1.77 bits per heavy atom. The van der Waals surface area contributed by atoms with Gasteiger partial charge in [-0.3, -0.25) is 10.1 Å². The highest BCUT2D eigenvalue weighted by molar-refractivity contribution is 7.15. The zero-order valence-corrected chi connectivity index (χ0v) is 16.6. The fourth-order valence-electron chi connectivity index (χ4n) is 2.96. The third kappa shape index (κ3) is 4.83. The summed E-state index contributed by atoms with van der Waals surface area (Å²) in [7, 11) is 0. The fraction of sp³-hybridized carbons (Fsp3) is 0.0909. The van der Waals surface area contributed by atoms with Gasteiger partial charge in [-0.2, -0.15) is 13.2 Å². The number of hydrogen-bond donors (Lipinski definition) is 1. The van der Waals surface area contributed by atoms with Crippen LogP contribution in [-0.2, 0) is 12.6 Å². The molecule has 0 bridgehead atoms. The SMILES string of the molecule is O=C(Nc1ncc(Cc2ccc(F)cc2)s1)c1ccc(-c2ccccc2C(F)(F)F)o1. The lowest BCUT2D eigenvalue weighted by atomic mass is 10.1. The summed E-state index contributed by atoms with van der Waals surface area (Å²) in [4.78, 5) is 17.4. The predicted molar refractivity (Wildman–Crippen MR) is 108 cm³/mol. The van der Waals surface area contributed by atoms with Crippen LogP contribution in [0.1, 0.15) is 26.6 Å². The summed E-state index contributed by atoms with van der Waals surface area (Å²) in [5, 5.41) is 2.89. The highest BCUT2D eigenvalue weighted by atomic mass is 32.1. The lowest BCUT2D eigenvalue weighted by Crippen LogP contribution is -2.10. The Balaban J connectivity index is 1.47. The van der Waals surface area contributed by atoms with Crippen molar-refractivity contribution in [2.24, 2.45) is 0 Å². The van der Waals surface area contributed by atoms with Crippen molar-refractivity contribution in [3.63, 3.8) is 0 Å². The van der Waals surface area contributed by atoms with Crippen LogP contribution in [0.5, 0.6) is 0 Å². The van der Waals surface area contributed by atoms with Gasteiger partial charge >= 0.3 is 6.18 Å². The second-order valence-electron chi connectivity index (χ2n) is 6.60. The predicted octanol–water partition coefficient (Wildman–Crippen LogP) is 6.40. The van der Waals surface area contributed by atoms with Gasteiger partial charge < -0.3 is 4.42 Å². The first kappa shape index (κ1) is 20.8. The number of nitrogens with one attached hydrogen (secondary N) is 1. The molecule has 2 aromatic carbocycles. The normalized spacial score (nSPS) is 11.5. The average Bonchev–Trinajstić information content (AvgIpc) is 3.39. The molecule has 0 aliphatic heterocycles. The van der Waals surface area contributed by atoms with Crippen molar-refractivity contribution in [3.05, 3.63) is 94.4 Å². The number of halogens is 4. The maximum absolute atomic E-state index is 13.2. The Morgan fingerprint density at radius 1 is 1.03 bits per heavy atom. The van der Waals surface area contributed by atoms with E-state index < -0.39 is 17.6 Å². The maximum Gasteiger partial charge on any atom is 0.417 e. The van der Waals surface area contributed by atoms with Crippen molar-refractivity contribution >= 4 is 22.4 Å². The van der Waals surface area contributed by atoms with E-state index in [-0.39, 0.29) is 22.9 Å². The van der Waals surface area contributed by atoms with Gasteiger partial charge in [0, 0.05) is 23.1 Å². The molecule has 0 radical (unpaired) electrons. The van der Waals surface area contributed by atoms with Crippen molar-refractivity contribution in [3.8, 4) is 11.3 Å². The molecule has 1 N–H and O–H groups in total.